The summed E-state index contributed by atoms with van der Waals surface area (Å²) < 4.78 is 0. The molecule has 3 N–H and O–H groups in total. The van der Waals surface area contributed by atoms with Crippen LogP contribution in [0.3, 0.4) is 0 Å². The second-order valence-corrected chi connectivity index (χ2v) is 6.81. The molecule has 2 atom stereocenters. The Hall–Kier alpha value is 0.270. The third kappa shape index (κ3) is 7.01. The summed E-state index contributed by atoms with van der Waals surface area (Å²) in [7, 11) is 0. The first-order chi connectivity index (χ1) is 8.88. The summed E-state index contributed by atoms with van der Waals surface area (Å²) in [6.45, 7) is 2.28. The minimum Gasteiger partial charge on any atom is -0.271 e. The molecular formula is C15H32N2S. The lowest BCUT2D eigenvalue weighted by Gasteiger charge is -2.21. The second kappa shape index (κ2) is 11.1. The van der Waals surface area contributed by atoms with Gasteiger partial charge in [0, 0.05) is 6.04 Å². The fraction of sp³-hybridized carbons (Fsp3) is 1.00. The van der Waals surface area contributed by atoms with Crippen molar-refractivity contribution in [1.82, 2.24) is 5.43 Å². The third-order valence-corrected chi connectivity index (χ3v) is 5.30. The Morgan fingerprint density at radius 1 is 1.11 bits per heavy atom. The molecule has 1 saturated heterocycles. The van der Waals surface area contributed by atoms with Gasteiger partial charge in [0.2, 0.25) is 0 Å². The molecule has 1 aliphatic rings. The molecule has 0 aromatic carbocycles. The monoisotopic (exact) mass is 272 g/mol. The molecule has 2 unspecified atom stereocenters. The minimum atomic E-state index is 0.570. The molecule has 0 radical (unpaired) electrons. The fourth-order valence-corrected chi connectivity index (χ4v) is 4.16. The summed E-state index contributed by atoms with van der Waals surface area (Å²) in [5, 5.41) is 0. The highest BCUT2D eigenvalue weighted by molar-refractivity contribution is 7.99. The number of nitrogens with one attached hydrogen (secondary N) is 1. The van der Waals surface area contributed by atoms with E-state index in [1.807, 2.05) is 0 Å². The van der Waals surface area contributed by atoms with E-state index < -0.39 is 0 Å². The van der Waals surface area contributed by atoms with Gasteiger partial charge >= 0.3 is 0 Å². The number of hydrogen-bond donors (Lipinski definition) is 2. The van der Waals surface area contributed by atoms with Crippen molar-refractivity contribution in [3.8, 4) is 0 Å². The van der Waals surface area contributed by atoms with Gasteiger partial charge in [-0.3, -0.25) is 11.3 Å². The van der Waals surface area contributed by atoms with Gasteiger partial charge < -0.3 is 0 Å². The maximum absolute atomic E-state index is 5.69. The number of unbranched alkanes of at least 4 members (excludes halogenated alkanes) is 7. The van der Waals surface area contributed by atoms with Crippen molar-refractivity contribution in [2.75, 3.05) is 11.5 Å². The van der Waals surface area contributed by atoms with Crippen LogP contribution in [-0.2, 0) is 0 Å². The van der Waals surface area contributed by atoms with Crippen molar-refractivity contribution < 1.29 is 0 Å². The van der Waals surface area contributed by atoms with Crippen LogP contribution in [0.1, 0.15) is 71.1 Å². The van der Waals surface area contributed by atoms with Crippen molar-refractivity contribution in [3.63, 3.8) is 0 Å². The maximum Gasteiger partial charge on any atom is 0.0246 e. The Balaban J connectivity index is 1.92. The van der Waals surface area contributed by atoms with E-state index in [-0.39, 0.29) is 0 Å². The van der Waals surface area contributed by atoms with Crippen LogP contribution < -0.4 is 11.3 Å². The highest BCUT2D eigenvalue weighted by atomic mass is 32.2. The predicted molar refractivity (Wildman–Crippen MR) is 83.8 cm³/mol. The highest BCUT2D eigenvalue weighted by Gasteiger charge is 2.23. The Bertz CT molecular complexity index is 181. The average Bonchev–Trinajstić information content (AvgIpc) is 2.91. The number of hydrazine groups is 1. The molecule has 2 nitrogen and oxygen atoms in total. The van der Waals surface area contributed by atoms with E-state index in [1.165, 1.54) is 75.7 Å². The molecule has 108 valence electrons. The predicted octanol–water partition coefficient (Wildman–Crippen LogP) is 4.10. The standard InChI is InChI=1S/C15H32N2S/c1-2-3-4-5-6-7-8-9-10-15(17-16)14-11-12-18-13-14/h14-15,17H,2-13,16H2,1H3. The number of hydrogen-bond acceptors (Lipinski definition) is 3. The van der Waals surface area contributed by atoms with Gasteiger partial charge in [-0.2, -0.15) is 11.8 Å². The van der Waals surface area contributed by atoms with Crippen LogP contribution in [0.4, 0.5) is 0 Å². The summed E-state index contributed by atoms with van der Waals surface area (Å²) >= 11 is 2.09. The van der Waals surface area contributed by atoms with Gasteiger partial charge in [0.15, 0.2) is 0 Å². The van der Waals surface area contributed by atoms with Crippen LogP contribution >= 0.6 is 11.8 Å². The zero-order valence-corrected chi connectivity index (χ0v) is 12.9. The molecule has 0 bridgehead atoms. The molecule has 3 heteroatoms. The van der Waals surface area contributed by atoms with Crippen molar-refractivity contribution >= 4 is 11.8 Å². The van der Waals surface area contributed by atoms with Crippen LogP contribution in [0.15, 0.2) is 0 Å². The molecule has 0 aromatic rings. The molecule has 0 aromatic heterocycles. The molecule has 18 heavy (non-hydrogen) atoms. The van der Waals surface area contributed by atoms with E-state index >= 15 is 0 Å². The van der Waals surface area contributed by atoms with Crippen molar-refractivity contribution in [1.29, 1.82) is 0 Å². The van der Waals surface area contributed by atoms with E-state index in [1.54, 1.807) is 0 Å². The van der Waals surface area contributed by atoms with E-state index in [0.717, 1.165) is 5.92 Å². The molecule has 1 fully saturated rings. The van der Waals surface area contributed by atoms with Gasteiger partial charge in [-0.15, -0.1) is 0 Å². The average molecular weight is 273 g/mol. The Morgan fingerprint density at radius 2 is 1.78 bits per heavy atom. The Kier molecular flexibility index (Phi) is 10.1. The van der Waals surface area contributed by atoms with E-state index in [9.17, 15) is 0 Å². The third-order valence-electron chi connectivity index (χ3n) is 4.12. The Labute approximate surface area is 118 Å². The van der Waals surface area contributed by atoms with E-state index in [2.05, 4.69) is 24.1 Å². The van der Waals surface area contributed by atoms with Crippen molar-refractivity contribution in [2.45, 2.75) is 77.2 Å². The molecule has 1 rings (SSSR count). The molecule has 1 aliphatic heterocycles. The quantitative estimate of drug-likeness (QED) is 0.338. The lowest BCUT2D eigenvalue weighted by molar-refractivity contribution is 0.355. The van der Waals surface area contributed by atoms with Crippen molar-refractivity contribution in [3.05, 3.63) is 0 Å². The van der Waals surface area contributed by atoms with Gasteiger partial charge in [-0.05, 0) is 30.3 Å². The summed E-state index contributed by atoms with van der Waals surface area (Å²) in [5.41, 5.74) is 3.05. The lowest BCUT2D eigenvalue weighted by Crippen LogP contribution is -2.40. The minimum absolute atomic E-state index is 0.570. The SMILES string of the molecule is CCCCCCCCCCC(NN)C1CCSC1. The summed E-state index contributed by atoms with van der Waals surface area (Å²) in [6.07, 6.45) is 13.9. The summed E-state index contributed by atoms with van der Waals surface area (Å²) in [6, 6.07) is 0.570. The van der Waals surface area contributed by atoms with Crippen LogP contribution in [0.2, 0.25) is 0 Å². The molecule has 0 spiro atoms. The van der Waals surface area contributed by atoms with Gasteiger partial charge in [-0.25, -0.2) is 0 Å². The topological polar surface area (TPSA) is 38.0 Å². The first kappa shape index (κ1) is 16.3. The van der Waals surface area contributed by atoms with Gasteiger partial charge in [-0.1, -0.05) is 58.3 Å². The van der Waals surface area contributed by atoms with Crippen molar-refractivity contribution in [2.24, 2.45) is 11.8 Å². The first-order valence-electron chi connectivity index (χ1n) is 7.92. The summed E-state index contributed by atoms with van der Waals surface area (Å²) in [5.74, 6) is 9.16. The Morgan fingerprint density at radius 3 is 2.33 bits per heavy atom. The number of rotatable bonds is 11. The normalized spacial score (nSPS) is 21.3. The number of thioether (sulfide) groups is 1. The number of nitrogens with two attached hydrogens (primary N) is 1. The first-order valence-corrected chi connectivity index (χ1v) is 9.07. The van der Waals surface area contributed by atoms with Crippen LogP contribution in [0, 0.1) is 5.92 Å². The smallest absolute Gasteiger partial charge is 0.0246 e. The highest BCUT2D eigenvalue weighted by Crippen LogP contribution is 2.28. The molecule has 0 aliphatic carbocycles. The lowest BCUT2D eigenvalue weighted by atomic mass is 9.94. The maximum atomic E-state index is 5.69. The van der Waals surface area contributed by atoms with Gasteiger partial charge in [0.1, 0.15) is 0 Å². The molecule has 0 saturated carbocycles. The molecular weight excluding hydrogens is 240 g/mol. The van der Waals surface area contributed by atoms with E-state index in [4.69, 9.17) is 5.84 Å². The largest absolute Gasteiger partial charge is 0.271 e. The van der Waals surface area contributed by atoms with Crippen LogP contribution in [-0.4, -0.2) is 17.5 Å². The van der Waals surface area contributed by atoms with Gasteiger partial charge in [0.05, 0.1) is 0 Å². The molecule has 1 heterocycles. The zero-order chi connectivity index (χ0) is 13.1. The molecule has 0 amide bonds. The van der Waals surface area contributed by atoms with E-state index in [0.29, 0.717) is 6.04 Å². The summed E-state index contributed by atoms with van der Waals surface area (Å²) in [4.78, 5) is 0. The van der Waals surface area contributed by atoms with Crippen LogP contribution in [0.5, 0.6) is 0 Å². The fourth-order valence-electron chi connectivity index (χ4n) is 2.82. The zero-order valence-electron chi connectivity index (χ0n) is 12.1. The second-order valence-electron chi connectivity index (χ2n) is 5.66. The van der Waals surface area contributed by atoms with Crippen LogP contribution in [0.25, 0.3) is 0 Å². The van der Waals surface area contributed by atoms with Gasteiger partial charge in [0.25, 0.3) is 0 Å².